The number of aromatic nitrogens is 1. The van der Waals surface area contributed by atoms with Gasteiger partial charge in [0.2, 0.25) is 0 Å². The Morgan fingerprint density at radius 3 is 2.79 bits per heavy atom. The zero-order chi connectivity index (χ0) is 10.2. The van der Waals surface area contributed by atoms with Crippen molar-refractivity contribution in [2.24, 2.45) is 5.73 Å². The van der Waals surface area contributed by atoms with Gasteiger partial charge in [-0.15, -0.1) is 11.3 Å². The van der Waals surface area contributed by atoms with E-state index in [-0.39, 0.29) is 5.54 Å². The van der Waals surface area contributed by atoms with Crippen molar-refractivity contribution in [2.45, 2.75) is 19.4 Å². The number of nitrogens with zero attached hydrogens (tertiary/aromatic N) is 1. The van der Waals surface area contributed by atoms with Gasteiger partial charge in [0.05, 0.1) is 11.8 Å². The average molecular weight is 208 g/mol. The lowest BCUT2D eigenvalue weighted by Crippen LogP contribution is -2.28. The quantitative estimate of drug-likeness (QED) is 0.825. The topological polar surface area (TPSA) is 52.0 Å². The molecule has 0 bridgehead atoms. The van der Waals surface area contributed by atoms with Crippen LogP contribution in [0.1, 0.15) is 18.9 Å². The number of rotatable bonds is 2. The molecule has 0 saturated heterocycles. The van der Waals surface area contributed by atoms with Crippen LogP contribution in [-0.2, 0) is 5.54 Å². The molecule has 0 saturated carbocycles. The third-order valence-electron chi connectivity index (χ3n) is 1.83. The van der Waals surface area contributed by atoms with E-state index in [1.165, 1.54) is 0 Å². The average Bonchev–Trinajstić information content (AvgIpc) is 2.73. The monoisotopic (exact) mass is 208 g/mol. The van der Waals surface area contributed by atoms with Gasteiger partial charge in [-0.05, 0) is 26.0 Å². The Kier molecular flexibility index (Phi) is 2.17. The van der Waals surface area contributed by atoms with Gasteiger partial charge in [-0.2, -0.15) is 0 Å². The normalized spacial score (nSPS) is 11.9. The first-order chi connectivity index (χ1) is 6.57. The third-order valence-corrected chi connectivity index (χ3v) is 3.01. The smallest absolute Gasteiger partial charge is 0.153 e. The summed E-state index contributed by atoms with van der Waals surface area (Å²) in [5.74, 6) is 0.789. The lowest BCUT2D eigenvalue weighted by atomic mass is 10.1. The Morgan fingerprint density at radius 1 is 1.50 bits per heavy atom. The Labute approximate surface area is 86.6 Å². The minimum atomic E-state index is -0.379. The van der Waals surface area contributed by atoms with Crippen molar-refractivity contribution < 1.29 is 4.42 Å². The summed E-state index contributed by atoms with van der Waals surface area (Å²) in [6.45, 7) is 3.88. The molecule has 3 nitrogen and oxygen atoms in total. The van der Waals surface area contributed by atoms with Crippen molar-refractivity contribution in [2.75, 3.05) is 0 Å². The highest BCUT2D eigenvalue weighted by atomic mass is 32.1. The summed E-state index contributed by atoms with van der Waals surface area (Å²) in [5, 5.41) is 2.88. The van der Waals surface area contributed by atoms with Gasteiger partial charge < -0.3 is 10.2 Å². The van der Waals surface area contributed by atoms with E-state index in [0.717, 1.165) is 16.5 Å². The molecule has 2 aromatic rings. The molecular formula is C10H12N2OS. The molecule has 0 aliphatic rings. The highest BCUT2D eigenvalue weighted by molar-refractivity contribution is 7.10. The molecule has 2 aromatic heterocycles. The van der Waals surface area contributed by atoms with Crippen molar-refractivity contribution >= 4 is 11.3 Å². The van der Waals surface area contributed by atoms with E-state index in [1.54, 1.807) is 17.6 Å². The highest BCUT2D eigenvalue weighted by Crippen LogP contribution is 2.27. The van der Waals surface area contributed by atoms with Gasteiger partial charge in [0.25, 0.3) is 0 Å². The molecule has 0 aliphatic carbocycles. The second kappa shape index (κ2) is 3.22. The van der Waals surface area contributed by atoms with E-state index >= 15 is 0 Å². The Bertz CT molecular complexity index is 412. The lowest BCUT2D eigenvalue weighted by Gasteiger charge is -2.13. The predicted octanol–water partition coefficient (Wildman–Crippen LogP) is 2.60. The first kappa shape index (κ1) is 9.43. The van der Waals surface area contributed by atoms with Crippen LogP contribution in [0.3, 0.4) is 0 Å². The van der Waals surface area contributed by atoms with Crippen LogP contribution >= 0.6 is 11.3 Å². The van der Waals surface area contributed by atoms with Gasteiger partial charge >= 0.3 is 0 Å². The van der Waals surface area contributed by atoms with Crippen LogP contribution in [0.4, 0.5) is 0 Å². The van der Waals surface area contributed by atoms with Gasteiger partial charge in [0.1, 0.15) is 10.7 Å². The maximum atomic E-state index is 5.94. The van der Waals surface area contributed by atoms with E-state index in [0.29, 0.717) is 0 Å². The molecule has 0 aliphatic heterocycles. The van der Waals surface area contributed by atoms with Gasteiger partial charge in [-0.1, -0.05) is 0 Å². The fraction of sp³-hybridized carbons (Fsp3) is 0.300. The van der Waals surface area contributed by atoms with Gasteiger partial charge in [-0.25, -0.2) is 4.98 Å². The summed E-state index contributed by atoms with van der Waals surface area (Å²) in [6, 6.07) is 3.74. The second-order valence-electron chi connectivity index (χ2n) is 3.74. The Balaban J connectivity index is 2.36. The van der Waals surface area contributed by atoms with E-state index in [1.807, 2.05) is 31.4 Å². The number of hydrogen-bond acceptors (Lipinski definition) is 4. The molecule has 0 fully saturated rings. The fourth-order valence-corrected chi connectivity index (χ4v) is 1.95. The van der Waals surface area contributed by atoms with Gasteiger partial charge in [0.15, 0.2) is 5.76 Å². The molecule has 14 heavy (non-hydrogen) atoms. The predicted molar refractivity (Wildman–Crippen MR) is 57.0 cm³/mol. The maximum Gasteiger partial charge on any atom is 0.153 e. The second-order valence-corrected chi connectivity index (χ2v) is 4.59. The lowest BCUT2D eigenvalue weighted by molar-refractivity contribution is 0.548. The van der Waals surface area contributed by atoms with E-state index in [9.17, 15) is 0 Å². The summed E-state index contributed by atoms with van der Waals surface area (Å²) >= 11 is 1.56. The molecule has 0 amide bonds. The largest absolute Gasteiger partial charge is 0.463 e. The van der Waals surface area contributed by atoms with Crippen LogP contribution in [-0.4, -0.2) is 4.98 Å². The summed E-state index contributed by atoms with van der Waals surface area (Å²) in [4.78, 5) is 4.42. The van der Waals surface area contributed by atoms with Crippen LogP contribution in [0.25, 0.3) is 11.5 Å². The molecule has 4 heteroatoms. The molecule has 2 N–H and O–H groups in total. The standard InChI is InChI=1S/C10H12N2OS/c1-10(2,11)9-12-7(6-14-9)8-4-3-5-13-8/h3-6H,11H2,1-2H3. The zero-order valence-electron chi connectivity index (χ0n) is 8.15. The minimum absolute atomic E-state index is 0.379. The van der Waals surface area contributed by atoms with E-state index < -0.39 is 0 Å². The number of hydrogen-bond donors (Lipinski definition) is 1. The Morgan fingerprint density at radius 2 is 2.29 bits per heavy atom. The summed E-state index contributed by atoms with van der Waals surface area (Å²) in [7, 11) is 0. The fourth-order valence-electron chi connectivity index (χ4n) is 1.11. The van der Waals surface area contributed by atoms with Crippen LogP contribution in [0, 0.1) is 0 Å². The van der Waals surface area contributed by atoms with Crippen molar-refractivity contribution in [1.82, 2.24) is 4.98 Å². The van der Waals surface area contributed by atoms with E-state index in [4.69, 9.17) is 10.2 Å². The summed E-state index contributed by atoms with van der Waals surface area (Å²) < 4.78 is 5.25. The van der Waals surface area contributed by atoms with Gasteiger partial charge in [0, 0.05) is 5.38 Å². The molecule has 2 heterocycles. The van der Waals surface area contributed by atoms with E-state index in [2.05, 4.69) is 4.98 Å². The summed E-state index contributed by atoms with van der Waals surface area (Å²) in [5.41, 5.74) is 6.42. The molecule has 0 atom stereocenters. The molecule has 0 unspecified atom stereocenters. The van der Waals surface area contributed by atoms with Crippen molar-refractivity contribution in [3.05, 3.63) is 28.8 Å². The highest BCUT2D eigenvalue weighted by Gasteiger charge is 2.19. The Hall–Kier alpha value is -1.13. The van der Waals surface area contributed by atoms with Crippen LogP contribution < -0.4 is 5.73 Å². The number of furan rings is 1. The molecule has 74 valence electrons. The van der Waals surface area contributed by atoms with Crippen molar-refractivity contribution in [3.63, 3.8) is 0 Å². The molecule has 0 aromatic carbocycles. The zero-order valence-corrected chi connectivity index (χ0v) is 8.97. The SMILES string of the molecule is CC(C)(N)c1nc(-c2ccco2)cs1. The van der Waals surface area contributed by atoms with Crippen LogP contribution in [0.5, 0.6) is 0 Å². The molecule has 0 spiro atoms. The van der Waals surface area contributed by atoms with Crippen LogP contribution in [0.15, 0.2) is 28.2 Å². The van der Waals surface area contributed by atoms with Crippen molar-refractivity contribution in [1.29, 1.82) is 0 Å². The molecule has 2 rings (SSSR count). The van der Waals surface area contributed by atoms with Crippen LogP contribution in [0.2, 0.25) is 0 Å². The molecular weight excluding hydrogens is 196 g/mol. The summed E-state index contributed by atoms with van der Waals surface area (Å²) in [6.07, 6.45) is 1.64. The molecule has 0 radical (unpaired) electrons. The minimum Gasteiger partial charge on any atom is -0.463 e. The number of nitrogens with two attached hydrogens (primary N) is 1. The maximum absolute atomic E-state index is 5.94. The van der Waals surface area contributed by atoms with Gasteiger partial charge in [-0.3, -0.25) is 0 Å². The number of thiazole rings is 1. The van der Waals surface area contributed by atoms with Crippen molar-refractivity contribution in [3.8, 4) is 11.5 Å². The third kappa shape index (κ3) is 1.71. The first-order valence-corrected chi connectivity index (χ1v) is 5.24. The first-order valence-electron chi connectivity index (χ1n) is 4.36.